The number of para-hydroxylation sites is 1. The molecule has 0 atom stereocenters. The molecule has 13 rings (SSSR count). The van der Waals surface area contributed by atoms with Crippen molar-refractivity contribution in [3.63, 3.8) is 0 Å². The molecule has 0 amide bonds. The number of rotatable bonds is 8. The maximum atomic E-state index is 2.54. The number of anilines is 6. The predicted molar refractivity (Wildman–Crippen MR) is 281 cm³/mol. The first-order chi connectivity index (χ1) is 33.3. The molecule has 1 spiro atoms. The summed E-state index contributed by atoms with van der Waals surface area (Å²) in [5.74, 6) is 0.620. The van der Waals surface area contributed by atoms with Crippen molar-refractivity contribution < 1.29 is 0 Å². The van der Waals surface area contributed by atoms with E-state index in [1.807, 2.05) is 0 Å². The van der Waals surface area contributed by atoms with E-state index in [1.165, 1.54) is 110 Å². The van der Waals surface area contributed by atoms with Crippen molar-refractivity contribution in [3.05, 3.63) is 264 Å². The fourth-order valence-corrected chi connectivity index (χ4v) is 12.1. The molecule has 10 aromatic carbocycles. The monoisotopic (exact) mass is 858 g/mol. The topological polar surface area (TPSA) is 6.48 Å². The Morgan fingerprint density at radius 2 is 0.821 bits per heavy atom. The van der Waals surface area contributed by atoms with E-state index in [-0.39, 0.29) is 0 Å². The molecular weight excluding hydrogens is 809 g/mol. The van der Waals surface area contributed by atoms with Crippen LogP contribution in [0.2, 0.25) is 0 Å². The van der Waals surface area contributed by atoms with Gasteiger partial charge in [0, 0.05) is 33.9 Å². The van der Waals surface area contributed by atoms with Crippen LogP contribution >= 0.6 is 0 Å². The summed E-state index contributed by atoms with van der Waals surface area (Å²) < 4.78 is 0. The second kappa shape index (κ2) is 16.2. The molecule has 2 nitrogen and oxygen atoms in total. The van der Waals surface area contributed by atoms with Gasteiger partial charge in [-0.1, -0.05) is 195 Å². The molecule has 0 aromatic heterocycles. The Morgan fingerprint density at radius 3 is 1.49 bits per heavy atom. The van der Waals surface area contributed by atoms with Gasteiger partial charge >= 0.3 is 0 Å². The second-order valence-electron chi connectivity index (χ2n) is 18.6. The molecule has 1 fully saturated rings. The zero-order valence-electron chi connectivity index (χ0n) is 37.5. The van der Waals surface area contributed by atoms with E-state index < -0.39 is 5.41 Å². The Hall–Kier alpha value is -7.94. The van der Waals surface area contributed by atoms with E-state index in [0.717, 1.165) is 28.4 Å². The third-order valence-electron chi connectivity index (χ3n) is 15.0. The molecule has 0 N–H and O–H groups in total. The first kappa shape index (κ1) is 39.4. The minimum atomic E-state index is -0.443. The van der Waals surface area contributed by atoms with E-state index >= 15 is 0 Å². The fourth-order valence-electron chi connectivity index (χ4n) is 12.1. The lowest BCUT2D eigenvalue weighted by molar-refractivity contribution is 0.443. The minimum Gasteiger partial charge on any atom is -0.310 e. The van der Waals surface area contributed by atoms with Gasteiger partial charge < -0.3 is 9.80 Å². The number of fused-ring (bicyclic) bond motifs is 11. The molecule has 320 valence electrons. The molecule has 0 saturated heterocycles. The molecule has 0 unspecified atom stereocenters. The van der Waals surface area contributed by atoms with E-state index in [9.17, 15) is 0 Å². The lowest BCUT2D eigenvalue weighted by Gasteiger charge is -2.33. The molecule has 0 heterocycles. The average molecular weight is 859 g/mol. The number of benzene rings is 10. The average Bonchev–Trinajstić information content (AvgIpc) is 3.88. The van der Waals surface area contributed by atoms with Crippen molar-refractivity contribution in [2.75, 3.05) is 9.80 Å². The van der Waals surface area contributed by atoms with Gasteiger partial charge in [-0.3, -0.25) is 0 Å². The first-order valence-electron chi connectivity index (χ1n) is 24.1. The molecule has 0 bridgehead atoms. The predicted octanol–water partition coefficient (Wildman–Crippen LogP) is 17.8. The van der Waals surface area contributed by atoms with Gasteiger partial charge in [-0.2, -0.15) is 0 Å². The molecule has 3 aliphatic rings. The van der Waals surface area contributed by atoms with Gasteiger partial charge in [-0.25, -0.2) is 0 Å². The SMILES string of the molecule is c1ccc(-c2cc3ccccc3cc2N(c2ccccc2)c2cccc(N(c3ccc(C4CCCCC4)cc3)c3cccc4c3-c3ccccc3C43c4ccccc4-c4ccccc43)c2)cc1. The van der Waals surface area contributed by atoms with Gasteiger partial charge in [0.25, 0.3) is 0 Å². The van der Waals surface area contributed by atoms with Crippen LogP contribution in [0.15, 0.2) is 237 Å². The molecule has 3 aliphatic carbocycles. The van der Waals surface area contributed by atoms with Crippen LogP contribution in [0.5, 0.6) is 0 Å². The Kier molecular flexibility index (Phi) is 9.53. The summed E-state index contributed by atoms with van der Waals surface area (Å²) in [6.07, 6.45) is 6.52. The Bertz CT molecular complexity index is 3410. The Balaban J connectivity index is 1.05. The molecule has 2 heteroatoms. The molecule has 0 radical (unpaired) electrons. The Labute approximate surface area is 394 Å². The van der Waals surface area contributed by atoms with Gasteiger partial charge in [0.15, 0.2) is 0 Å². The summed E-state index contributed by atoms with van der Waals surface area (Å²) in [6.45, 7) is 0. The van der Waals surface area contributed by atoms with Crippen molar-refractivity contribution in [2.24, 2.45) is 0 Å². The van der Waals surface area contributed by atoms with Crippen molar-refractivity contribution in [3.8, 4) is 33.4 Å². The molecule has 67 heavy (non-hydrogen) atoms. The van der Waals surface area contributed by atoms with Crippen LogP contribution in [0.3, 0.4) is 0 Å². The normalized spacial score (nSPS) is 14.3. The maximum absolute atomic E-state index is 2.54. The van der Waals surface area contributed by atoms with E-state index in [1.54, 1.807) is 0 Å². The molecule has 10 aromatic rings. The largest absolute Gasteiger partial charge is 0.310 e. The zero-order chi connectivity index (χ0) is 44.3. The molecule has 0 aliphatic heterocycles. The van der Waals surface area contributed by atoms with Crippen LogP contribution in [0.4, 0.5) is 34.1 Å². The standard InChI is InChI=1S/C65H50N2/c1-4-20-45(21-5-1)46-38-40-51(41-39-46)66(62-37-19-36-61-64(62)56-32-14-17-35-60(56)65(61)58-33-15-12-30-54(58)55-31-13-16-34-59(55)65)52-28-18-29-53(44-52)67(50-26-8-3-9-27-50)63-43-49-25-11-10-24-48(49)42-57(63)47-22-6-2-7-23-47/h2-3,6-19,22-45H,1,4-5,20-21H2. The summed E-state index contributed by atoms with van der Waals surface area (Å²) in [4.78, 5) is 4.99. The first-order valence-corrected chi connectivity index (χ1v) is 24.1. The van der Waals surface area contributed by atoms with Crippen molar-refractivity contribution in [1.82, 2.24) is 0 Å². The van der Waals surface area contributed by atoms with Crippen molar-refractivity contribution >= 4 is 44.9 Å². The molecular formula is C65H50N2. The smallest absolute Gasteiger partial charge is 0.0726 e. The fraction of sp³-hybridized carbons (Fsp3) is 0.108. The van der Waals surface area contributed by atoms with E-state index in [2.05, 4.69) is 246 Å². The molecule has 1 saturated carbocycles. The summed E-state index contributed by atoms with van der Waals surface area (Å²) in [5.41, 5.74) is 20.7. The lowest BCUT2D eigenvalue weighted by atomic mass is 9.70. The summed E-state index contributed by atoms with van der Waals surface area (Å²) >= 11 is 0. The second-order valence-corrected chi connectivity index (χ2v) is 18.6. The van der Waals surface area contributed by atoms with E-state index in [0.29, 0.717) is 5.92 Å². The zero-order valence-corrected chi connectivity index (χ0v) is 37.5. The van der Waals surface area contributed by atoms with Crippen LogP contribution in [0, 0.1) is 0 Å². The van der Waals surface area contributed by atoms with Gasteiger partial charge in [0.2, 0.25) is 0 Å². The number of hydrogen-bond acceptors (Lipinski definition) is 2. The van der Waals surface area contributed by atoms with Crippen LogP contribution in [-0.2, 0) is 5.41 Å². The van der Waals surface area contributed by atoms with Gasteiger partial charge in [-0.15, -0.1) is 0 Å². The van der Waals surface area contributed by atoms with Crippen LogP contribution in [-0.4, -0.2) is 0 Å². The van der Waals surface area contributed by atoms with Crippen LogP contribution in [0.25, 0.3) is 44.2 Å². The van der Waals surface area contributed by atoms with E-state index in [4.69, 9.17) is 0 Å². The van der Waals surface area contributed by atoms with Crippen LogP contribution in [0.1, 0.15) is 65.8 Å². The Morgan fingerprint density at radius 1 is 0.328 bits per heavy atom. The van der Waals surface area contributed by atoms with Gasteiger partial charge in [0.05, 0.1) is 16.8 Å². The summed E-state index contributed by atoms with van der Waals surface area (Å²) in [7, 11) is 0. The lowest BCUT2D eigenvalue weighted by Crippen LogP contribution is -2.26. The van der Waals surface area contributed by atoms with Gasteiger partial charge in [0.1, 0.15) is 0 Å². The summed E-state index contributed by atoms with van der Waals surface area (Å²) in [5, 5.41) is 2.43. The third kappa shape index (κ3) is 6.31. The third-order valence-corrected chi connectivity index (χ3v) is 15.0. The number of hydrogen-bond donors (Lipinski definition) is 0. The summed E-state index contributed by atoms with van der Waals surface area (Å²) in [6, 6.07) is 88.5. The van der Waals surface area contributed by atoms with Crippen molar-refractivity contribution in [2.45, 2.75) is 43.4 Å². The van der Waals surface area contributed by atoms with Crippen molar-refractivity contribution in [1.29, 1.82) is 0 Å². The highest BCUT2D eigenvalue weighted by Crippen LogP contribution is 2.64. The van der Waals surface area contributed by atoms with Gasteiger partial charge in [-0.05, 0) is 140 Å². The number of nitrogens with zero attached hydrogens (tertiary/aromatic N) is 2. The highest BCUT2D eigenvalue weighted by atomic mass is 15.2. The minimum absolute atomic E-state index is 0.443. The quantitative estimate of drug-likeness (QED) is 0.150. The maximum Gasteiger partial charge on any atom is 0.0726 e. The highest BCUT2D eigenvalue weighted by molar-refractivity contribution is 6.02. The highest BCUT2D eigenvalue weighted by Gasteiger charge is 2.52. The van der Waals surface area contributed by atoms with Crippen LogP contribution < -0.4 is 9.80 Å².